The molecular formula is C12H20N2O. The van der Waals surface area contributed by atoms with Gasteiger partial charge in [0.05, 0.1) is 6.04 Å². The van der Waals surface area contributed by atoms with Gasteiger partial charge in [0.25, 0.3) is 0 Å². The summed E-state index contributed by atoms with van der Waals surface area (Å²) in [5, 5.41) is 2.94. The van der Waals surface area contributed by atoms with Crippen LogP contribution in [0.5, 0.6) is 0 Å². The fourth-order valence-corrected chi connectivity index (χ4v) is 1.82. The van der Waals surface area contributed by atoms with E-state index in [1.165, 1.54) is 11.6 Å². The molecule has 0 aromatic rings. The summed E-state index contributed by atoms with van der Waals surface area (Å²) in [5.74, 6) is -0.0738. The van der Waals surface area contributed by atoms with E-state index in [2.05, 4.69) is 43.8 Å². The average Bonchev–Trinajstić information content (AvgIpc) is 2.16. The molecule has 2 atom stereocenters. The highest BCUT2D eigenvalue weighted by molar-refractivity contribution is 5.87. The fraction of sp³-hybridized carbons (Fsp3) is 0.583. The van der Waals surface area contributed by atoms with E-state index in [1.54, 1.807) is 0 Å². The third-order valence-corrected chi connectivity index (χ3v) is 2.80. The minimum absolute atomic E-state index is 0.0738. The van der Waals surface area contributed by atoms with Crippen LogP contribution in [-0.2, 0) is 4.79 Å². The number of allylic oxidation sites excluding steroid dienone is 1. The van der Waals surface area contributed by atoms with Crippen molar-refractivity contribution in [2.75, 3.05) is 13.6 Å². The molecule has 0 saturated carbocycles. The summed E-state index contributed by atoms with van der Waals surface area (Å²) >= 11 is 0. The van der Waals surface area contributed by atoms with E-state index in [0.29, 0.717) is 6.04 Å². The molecule has 1 heterocycles. The van der Waals surface area contributed by atoms with Crippen LogP contribution in [0.25, 0.3) is 0 Å². The number of hydrogen-bond acceptors (Lipinski definition) is 2. The normalized spacial score (nSPS) is 25.3. The molecule has 0 aromatic carbocycles. The molecule has 0 spiro atoms. The highest BCUT2D eigenvalue weighted by atomic mass is 16.1. The second-order valence-electron chi connectivity index (χ2n) is 4.34. The van der Waals surface area contributed by atoms with Gasteiger partial charge in [-0.2, -0.15) is 0 Å². The first-order valence-electron chi connectivity index (χ1n) is 5.31. The molecule has 1 aliphatic rings. The predicted octanol–water partition coefficient (Wildman–Crippen LogP) is 1.33. The van der Waals surface area contributed by atoms with Crippen LogP contribution in [0.4, 0.5) is 0 Å². The van der Waals surface area contributed by atoms with Crippen LogP contribution in [0.1, 0.15) is 20.3 Å². The van der Waals surface area contributed by atoms with Crippen LogP contribution in [0.15, 0.2) is 24.3 Å². The second kappa shape index (κ2) is 5.12. The van der Waals surface area contributed by atoms with E-state index in [1.807, 2.05) is 0 Å². The summed E-state index contributed by atoms with van der Waals surface area (Å²) < 4.78 is 0. The lowest BCUT2D eigenvalue weighted by atomic mass is 9.93. The number of nitrogens with one attached hydrogen (secondary N) is 1. The molecular weight excluding hydrogens is 188 g/mol. The number of rotatable bonds is 4. The zero-order valence-electron chi connectivity index (χ0n) is 9.79. The van der Waals surface area contributed by atoms with Crippen molar-refractivity contribution in [3.63, 3.8) is 0 Å². The molecule has 84 valence electrons. The van der Waals surface area contributed by atoms with Crippen molar-refractivity contribution in [1.29, 1.82) is 0 Å². The zero-order chi connectivity index (χ0) is 11.4. The summed E-state index contributed by atoms with van der Waals surface area (Å²) in [7, 11) is 2.08. The van der Waals surface area contributed by atoms with Crippen LogP contribution in [0, 0.1) is 0 Å². The van der Waals surface area contributed by atoms with Gasteiger partial charge in [0.1, 0.15) is 0 Å². The lowest BCUT2D eigenvalue weighted by Gasteiger charge is -2.45. The molecule has 0 aliphatic carbocycles. The lowest BCUT2D eigenvalue weighted by Crippen LogP contribution is -2.64. The largest absolute Gasteiger partial charge is 0.347 e. The van der Waals surface area contributed by atoms with Gasteiger partial charge in [0.15, 0.2) is 0 Å². The Hall–Kier alpha value is -1.09. The first-order valence-corrected chi connectivity index (χ1v) is 5.31. The number of amides is 1. The Kier molecular flexibility index (Phi) is 4.09. The molecule has 1 saturated heterocycles. The van der Waals surface area contributed by atoms with Crippen LogP contribution >= 0.6 is 0 Å². The number of nitrogens with zero attached hydrogens (tertiary/aromatic N) is 1. The van der Waals surface area contributed by atoms with Gasteiger partial charge in [-0.15, -0.1) is 0 Å². The monoisotopic (exact) mass is 208 g/mol. The average molecular weight is 208 g/mol. The summed E-state index contributed by atoms with van der Waals surface area (Å²) in [6, 6.07) is 0.708. The fourth-order valence-electron chi connectivity index (χ4n) is 1.82. The van der Waals surface area contributed by atoms with Crippen LogP contribution in [-0.4, -0.2) is 36.5 Å². The molecule has 2 unspecified atom stereocenters. The Morgan fingerprint density at radius 2 is 2.27 bits per heavy atom. The molecule has 15 heavy (non-hydrogen) atoms. The van der Waals surface area contributed by atoms with Crippen LogP contribution in [0.3, 0.4) is 0 Å². The Morgan fingerprint density at radius 1 is 1.60 bits per heavy atom. The number of carbonyl (C=O) groups excluding carboxylic acids is 1. The highest BCUT2D eigenvalue weighted by Crippen LogP contribution is 2.20. The van der Waals surface area contributed by atoms with E-state index < -0.39 is 0 Å². The van der Waals surface area contributed by atoms with Crippen molar-refractivity contribution in [1.82, 2.24) is 10.2 Å². The van der Waals surface area contributed by atoms with E-state index in [4.69, 9.17) is 0 Å². The van der Waals surface area contributed by atoms with E-state index in [-0.39, 0.29) is 11.9 Å². The first-order chi connectivity index (χ1) is 7.04. The van der Waals surface area contributed by atoms with Crippen LogP contribution in [0.2, 0.25) is 0 Å². The third-order valence-electron chi connectivity index (χ3n) is 2.80. The standard InChI is InChI=1S/C12H20N2O/c1-5-12(15)13-10-8-14(4)11(10)7-6-9(2)3/h5-6,10-11H,1,7-8H2,2-4H3,(H,13,15). The van der Waals surface area contributed by atoms with Gasteiger partial charge in [0, 0.05) is 12.6 Å². The third kappa shape index (κ3) is 3.20. The molecule has 1 N–H and O–H groups in total. The summed E-state index contributed by atoms with van der Waals surface area (Å²) in [6.45, 7) is 8.57. The van der Waals surface area contributed by atoms with Gasteiger partial charge in [-0.3, -0.25) is 9.69 Å². The van der Waals surface area contributed by atoms with Crippen molar-refractivity contribution in [2.24, 2.45) is 0 Å². The molecule has 1 aliphatic heterocycles. The maximum absolute atomic E-state index is 11.1. The molecule has 0 bridgehead atoms. The van der Waals surface area contributed by atoms with Crippen molar-refractivity contribution >= 4 is 5.91 Å². The molecule has 3 nitrogen and oxygen atoms in total. The smallest absolute Gasteiger partial charge is 0.243 e. The topological polar surface area (TPSA) is 32.3 Å². The van der Waals surface area contributed by atoms with E-state index in [0.717, 1.165) is 13.0 Å². The predicted molar refractivity (Wildman–Crippen MR) is 62.6 cm³/mol. The Balaban J connectivity index is 2.44. The Bertz CT molecular complexity index is 279. The minimum atomic E-state index is -0.0738. The quantitative estimate of drug-likeness (QED) is 0.558. The molecule has 0 radical (unpaired) electrons. The van der Waals surface area contributed by atoms with Crippen LogP contribution < -0.4 is 5.32 Å². The first kappa shape index (κ1) is 12.0. The summed E-state index contributed by atoms with van der Waals surface area (Å²) in [6.07, 6.45) is 4.55. The van der Waals surface area contributed by atoms with Gasteiger partial charge in [-0.05, 0) is 33.4 Å². The second-order valence-corrected chi connectivity index (χ2v) is 4.34. The van der Waals surface area contributed by atoms with Gasteiger partial charge < -0.3 is 5.32 Å². The molecule has 1 amide bonds. The summed E-state index contributed by atoms with van der Waals surface area (Å²) in [5.41, 5.74) is 1.32. The lowest BCUT2D eigenvalue weighted by molar-refractivity contribution is -0.119. The number of hydrogen-bond donors (Lipinski definition) is 1. The molecule has 0 aromatic heterocycles. The van der Waals surface area contributed by atoms with Crippen molar-refractivity contribution in [2.45, 2.75) is 32.4 Å². The minimum Gasteiger partial charge on any atom is -0.347 e. The van der Waals surface area contributed by atoms with Gasteiger partial charge in [-0.1, -0.05) is 18.2 Å². The zero-order valence-corrected chi connectivity index (χ0v) is 9.79. The number of carbonyl (C=O) groups is 1. The van der Waals surface area contributed by atoms with E-state index in [9.17, 15) is 4.79 Å². The highest BCUT2D eigenvalue weighted by Gasteiger charge is 2.35. The van der Waals surface area contributed by atoms with Gasteiger partial charge in [-0.25, -0.2) is 0 Å². The van der Waals surface area contributed by atoms with Crippen molar-refractivity contribution in [3.05, 3.63) is 24.3 Å². The molecule has 1 fully saturated rings. The van der Waals surface area contributed by atoms with Gasteiger partial charge >= 0.3 is 0 Å². The number of likely N-dealkylation sites (tertiary alicyclic amines) is 1. The SMILES string of the molecule is C=CC(=O)NC1CN(C)C1CC=C(C)C. The Labute approximate surface area is 91.8 Å². The maximum Gasteiger partial charge on any atom is 0.243 e. The Morgan fingerprint density at radius 3 is 2.73 bits per heavy atom. The number of likely N-dealkylation sites (N-methyl/N-ethyl adjacent to an activating group) is 1. The van der Waals surface area contributed by atoms with Gasteiger partial charge in [0.2, 0.25) is 5.91 Å². The molecule has 3 heteroatoms. The maximum atomic E-state index is 11.1. The van der Waals surface area contributed by atoms with Crippen molar-refractivity contribution in [3.8, 4) is 0 Å². The van der Waals surface area contributed by atoms with E-state index >= 15 is 0 Å². The van der Waals surface area contributed by atoms with Crippen molar-refractivity contribution < 1.29 is 4.79 Å². The summed E-state index contributed by atoms with van der Waals surface area (Å²) in [4.78, 5) is 13.4. The molecule has 1 rings (SSSR count).